The van der Waals surface area contributed by atoms with Crippen LogP contribution in [0.2, 0.25) is 0 Å². The van der Waals surface area contributed by atoms with Gasteiger partial charge in [0.05, 0.1) is 11.9 Å². The van der Waals surface area contributed by atoms with E-state index in [9.17, 15) is 8.42 Å². The van der Waals surface area contributed by atoms with Crippen LogP contribution in [0.25, 0.3) is 0 Å². The minimum absolute atomic E-state index is 0.218. The highest BCUT2D eigenvalue weighted by Gasteiger charge is 2.12. The molecule has 0 bridgehead atoms. The zero-order valence-electron chi connectivity index (χ0n) is 12.3. The lowest BCUT2D eigenvalue weighted by Gasteiger charge is -2.16. The molecule has 0 saturated carbocycles. The minimum Gasteiger partial charge on any atom is -0.439 e. The van der Waals surface area contributed by atoms with Gasteiger partial charge in [0.1, 0.15) is 23.3 Å². The number of aromatic nitrogens is 2. The Labute approximate surface area is 128 Å². The number of hydrogen-bond donors (Lipinski definition) is 0. The second-order valence-electron chi connectivity index (χ2n) is 4.58. The summed E-state index contributed by atoms with van der Waals surface area (Å²) in [6.45, 7) is 1.66. The largest absolute Gasteiger partial charge is 0.439 e. The van der Waals surface area contributed by atoms with E-state index in [0.29, 0.717) is 17.3 Å². The molecule has 2 aromatic rings. The average molecular weight is 318 g/mol. The third-order valence-corrected chi connectivity index (χ3v) is 4.05. The van der Waals surface area contributed by atoms with E-state index >= 15 is 0 Å². The van der Waals surface area contributed by atoms with Crippen LogP contribution in [0.5, 0.6) is 11.6 Å². The van der Waals surface area contributed by atoms with E-state index in [1.54, 1.807) is 31.2 Å². The lowest BCUT2D eigenvalue weighted by molar-refractivity contribution is 0.459. The molecule has 0 radical (unpaired) electrons. The fourth-order valence-corrected chi connectivity index (χ4v) is 2.19. The molecule has 0 saturated heterocycles. The van der Waals surface area contributed by atoms with Crippen LogP contribution in [0.4, 0.5) is 5.69 Å². The third kappa shape index (κ3) is 3.71. The zero-order chi connectivity index (χ0) is 16.3. The van der Waals surface area contributed by atoms with Gasteiger partial charge in [-0.2, -0.15) is 10.2 Å². The Morgan fingerprint density at radius 3 is 2.41 bits per heavy atom. The van der Waals surface area contributed by atoms with Gasteiger partial charge in [-0.15, -0.1) is 0 Å². The molecule has 0 unspecified atom stereocenters. The first-order valence-electron chi connectivity index (χ1n) is 6.27. The summed E-state index contributed by atoms with van der Waals surface area (Å²) in [4.78, 5) is 8.02. The van der Waals surface area contributed by atoms with Gasteiger partial charge in [-0.05, 0) is 31.2 Å². The number of rotatable bonds is 4. The van der Waals surface area contributed by atoms with Crippen LogP contribution < -0.4 is 9.04 Å². The predicted molar refractivity (Wildman–Crippen MR) is 81.2 cm³/mol. The van der Waals surface area contributed by atoms with Crippen molar-refractivity contribution < 1.29 is 13.2 Å². The van der Waals surface area contributed by atoms with E-state index in [1.165, 1.54) is 17.4 Å². The summed E-state index contributed by atoms with van der Waals surface area (Å²) < 4.78 is 29.6. The molecule has 0 aliphatic carbocycles. The quantitative estimate of drug-likeness (QED) is 0.853. The van der Waals surface area contributed by atoms with Crippen molar-refractivity contribution in [1.29, 1.82) is 5.26 Å². The standard InChI is InChI=1S/C14H14N4O3S/c1-10-16-11(9-15)8-14(17-10)21-13-6-4-12(5-7-13)18(2)22(3,19)20/h4-8H,1-3H3. The SMILES string of the molecule is Cc1nc(C#N)cc(Oc2ccc(N(C)S(C)(=O)=O)cc2)n1. The Kier molecular flexibility index (Phi) is 4.28. The molecule has 0 N–H and O–H groups in total. The van der Waals surface area contributed by atoms with Crippen molar-refractivity contribution in [3.8, 4) is 17.7 Å². The second kappa shape index (κ2) is 5.99. The Bertz CT molecular complexity index is 826. The Morgan fingerprint density at radius 1 is 1.23 bits per heavy atom. The van der Waals surface area contributed by atoms with Crippen molar-refractivity contribution in [2.75, 3.05) is 17.6 Å². The van der Waals surface area contributed by atoms with Gasteiger partial charge in [0.2, 0.25) is 15.9 Å². The summed E-state index contributed by atoms with van der Waals surface area (Å²) in [5.41, 5.74) is 0.738. The van der Waals surface area contributed by atoms with Crippen LogP contribution in [0.1, 0.15) is 11.5 Å². The predicted octanol–water partition coefficient (Wildman–Crippen LogP) is 1.84. The van der Waals surface area contributed by atoms with Gasteiger partial charge >= 0.3 is 0 Å². The van der Waals surface area contributed by atoms with Crippen LogP contribution >= 0.6 is 0 Å². The molecule has 0 amide bonds. The number of benzene rings is 1. The monoisotopic (exact) mass is 318 g/mol. The van der Waals surface area contributed by atoms with Crippen LogP contribution in [-0.2, 0) is 10.0 Å². The van der Waals surface area contributed by atoms with Crippen LogP contribution in [0.3, 0.4) is 0 Å². The van der Waals surface area contributed by atoms with Gasteiger partial charge in [0.15, 0.2) is 0 Å². The Hall–Kier alpha value is -2.66. The molecule has 0 fully saturated rings. The molecule has 22 heavy (non-hydrogen) atoms. The van der Waals surface area contributed by atoms with E-state index in [-0.39, 0.29) is 11.6 Å². The molecule has 8 heteroatoms. The minimum atomic E-state index is -3.31. The first-order valence-corrected chi connectivity index (χ1v) is 8.12. The van der Waals surface area contributed by atoms with Crippen molar-refractivity contribution in [3.63, 3.8) is 0 Å². The van der Waals surface area contributed by atoms with E-state index in [0.717, 1.165) is 6.26 Å². The first-order chi connectivity index (χ1) is 10.3. The van der Waals surface area contributed by atoms with Crippen LogP contribution in [0, 0.1) is 18.3 Å². The summed E-state index contributed by atoms with van der Waals surface area (Å²) in [6, 6.07) is 9.86. The van der Waals surface area contributed by atoms with Crippen molar-refractivity contribution in [2.45, 2.75) is 6.92 Å². The molecule has 0 aliphatic heterocycles. The highest BCUT2D eigenvalue weighted by molar-refractivity contribution is 7.92. The van der Waals surface area contributed by atoms with Crippen molar-refractivity contribution in [1.82, 2.24) is 9.97 Å². The zero-order valence-corrected chi connectivity index (χ0v) is 13.1. The normalized spacial score (nSPS) is 10.8. The van der Waals surface area contributed by atoms with Gasteiger partial charge in [-0.1, -0.05) is 0 Å². The molecule has 1 heterocycles. The van der Waals surface area contributed by atoms with E-state index in [4.69, 9.17) is 10.00 Å². The van der Waals surface area contributed by atoms with Gasteiger partial charge in [0, 0.05) is 13.1 Å². The van der Waals surface area contributed by atoms with Gasteiger partial charge in [-0.25, -0.2) is 13.4 Å². The summed E-state index contributed by atoms with van der Waals surface area (Å²) in [7, 11) is -1.84. The fourth-order valence-electron chi connectivity index (χ4n) is 1.69. The maximum atomic E-state index is 11.5. The van der Waals surface area contributed by atoms with E-state index in [1.807, 2.05) is 6.07 Å². The summed E-state index contributed by atoms with van der Waals surface area (Å²) >= 11 is 0. The second-order valence-corrected chi connectivity index (χ2v) is 6.59. The average Bonchev–Trinajstić information content (AvgIpc) is 2.45. The maximum Gasteiger partial charge on any atom is 0.231 e. The number of ether oxygens (including phenoxy) is 1. The summed E-state index contributed by atoms with van der Waals surface area (Å²) in [6.07, 6.45) is 1.13. The number of aryl methyl sites for hydroxylation is 1. The van der Waals surface area contributed by atoms with Gasteiger partial charge in [-0.3, -0.25) is 4.31 Å². The number of nitriles is 1. The molecule has 1 aromatic carbocycles. The Balaban J connectivity index is 2.22. The highest BCUT2D eigenvalue weighted by Crippen LogP contribution is 2.24. The number of anilines is 1. The van der Waals surface area contributed by atoms with Crippen molar-refractivity contribution >= 4 is 15.7 Å². The number of sulfonamides is 1. The van der Waals surface area contributed by atoms with Crippen molar-refractivity contribution in [3.05, 3.63) is 41.9 Å². The van der Waals surface area contributed by atoms with Crippen LogP contribution in [-0.4, -0.2) is 31.7 Å². The Morgan fingerprint density at radius 2 is 1.86 bits per heavy atom. The molecule has 7 nitrogen and oxygen atoms in total. The van der Waals surface area contributed by atoms with Crippen molar-refractivity contribution in [2.24, 2.45) is 0 Å². The molecule has 0 atom stereocenters. The third-order valence-electron chi connectivity index (χ3n) is 2.85. The van der Waals surface area contributed by atoms with E-state index in [2.05, 4.69) is 9.97 Å². The van der Waals surface area contributed by atoms with Gasteiger partial charge in [0.25, 0.3) is 0 Å². The topological polar surface area (TPSA) is 96.2 Å². The first kappa shape index (κ1) is 15.7. The summed E-state index contributed by atoms with van der Waals surface area (Å²) in [5, 5.41) is 8.87. The fraction of sp³-hybridized carbons (Fsp3) is 0.214. The molecular formula is C14H14N4O3S. The maximum absolute atomic E-state index is 11.5. The lowest BCUT2D eigenvalue weighted by atomic mass is 10.3. The van der Waals surface area contributed by atoms with Gasteiger partial charge < -0.3 is 4.74 Å². The number of nitrogens with zero attached hydrogens (tertiary/aromatic N) is 4. The van der Waals surface area contributed by atoms with Crippen LogP contribution in [0.15, 0.2) is 30.3 Å². The molecule has 0 spiro atoms. The number of hydrogen-bond acceptors (Lipinski definition) is 6. The molecule has 2 rings (SSSR count). The molecule has 114 valence electrons. The molecule has 0 aliphatic rings. The molecule has 1 aromatic heterocycles. The lowest BCUT2D eigenvalue weighted by Crippen LogP contribution is -2.24. The highest BCUT2D eigenvalue weighted by atomic mass is 32.2. The summed E-state index contributed by atoms with van der Waals surface area (Å²) in [5.74, 6) is 1.17. The van der Waals surface area contributed by atoms with E-state index < -0.39 is 10.0 Å². The molecular weight excluding hydrogens is 304 g/mol. The smallest absolute Gasteiger partial charge is 0.231 e.